The summed E-state index contributed by atoms with van der Waals surface area (Å²) in [6.45, 7) is 7.67. The summed E-state index contributed by atoms with van der Waals surface area (Å²) in [5.41, 5.74) is 2.82. The average molecular weight is 586 g/mol. The van der Waals surface area contributed by atoms with Crippen molar-refractivity contribution in [1.29, 1.82) is 0 Å². The number of esters is 1. The molecule has 0 aromatic heterocycles. The third-order valence-corrected chi connectivity index (χ3v) is 7.84. The number of amides is 3. The topological polar surface area (TPSA) is 99.6 Å². The standard InChI is InChI=1S/C34H39N3O6/c1-34(2,3)43-31(38)30(26-15-16-35(22-26)33(40)41)20-25-11-7-12-27(19-25)36-17-18-37(32(36)39)28-13-8-14-29(21-28)42-23-24-9-5-4-6-10-24/h4-14,19,21,26,30H,15-18,20,22-23H2,1-3H3,(H,40,41)/t26-,30?/m0/s1. The van der Waals surface area contributed by atoms with Gasteiger partial charge in [0.25, 0.3) is 0 Å². The molecule has 0 saturated carbocycles. The highest BCUT2D eigenvalue weighted by atomic mass is 16.6. The highest BCUT2D eigenvalue weighted by molar-refractivity contribution is 6.06. The van der Waals surface area contributed by atoms with Gasteiger partial charge < -0.3 is 19.5 Å². The van der Waals surface area contributed by atoms with Gasteiger partial charge in [-0.1, -0.05) is 48.5 Å². The zero-order chi connectivity index (χ0) is 30.6. The van der Waals surface area contributed by atoms with Gasteiger partial charge in [-0.3, -0.25) is 14.6 Å². The Kier molecular flexibility index (Phi) is 8.89. The number of carbonyl (C=O) groups excluding carboxylic acids is 2. The second-order valence-electron chi connectivity index (χ2n) is 12.1. The number of carbonyl (C=O) groups is 3. The van der Waals surface area contributed by atoms with Crippen molar-refractivity contribution >= 4 is 29.5 Å². The maximum absolute atomic E-state index is 13.6. The summed E-state index contributed by atoms with van der Waals surface area (Å²) in [5.74, 6) is -0.276. The van der Waals surface area contributed by atoms with Crippen molar-refractivity contribution in [2.45, 2.75) is 45.8 Å². The molecule has 3 aromatic rings. The molecule has 2 heterocycles. The Bertz CT molecular complexity index is 1450. The predicted octanol–water partition coefficient (Wildman–Crippen LogP) is 6.21. The molecular weight excluding hydrogens is 546 g/mol. The Hall–Kier alpha value is -4.53. The number of benzene rings is 3. The average Bonchev–Trinajstić information content (AvgIpc) is 3.62. The fraction of sp³-hybridized carbons (Fsp3) is 0.382. The van der Waals surface area contributed by atoms with Gasteiger partial charge in [-0.25, -0.2) is 9.59 Å². The quantitative estimate of drug-likeness (QED) is 0.300. The number of urea groups is 1. The lowest BCUT2D eigenvalue weighted by Crippen LogP contribution is -2.36. The molecular formula is C34H39N3O6. The molecule has 9 nitrogen and oxygen atoms in total. The number of carboxylic acid groups (broad SMARTS) is 1. The van der Waals surface area contributed by atoms with E-state index in [4.69, 9.17) is 9.47 Å². The van der Waals surface area contributed by atoms with E-state index in [1.807, 2.05) is 99.6 Å². The molecule has 9 heteroatoms. The SMILES string of the molecule is CC(C)(C)OC(=O)C(Cc1cccc(N2CCN(c3cccc(OCc4ccccc4)c3)C2=O)c1)[C@H]1CCN(C(=O)O)C1. The van der Waals surface area contributed by atoms with Crippen molar-refractivity contribution in [3.63, 3.8) is 0 Å². The van der Waals surface area contributed by atoms with Gasteiger partial charge >= 0.3 is 18.1 Å². The summed E-state index contributed by atoms with van der Waals surface area (Å²) < 4.78 is 11.7. The third-order valence-electron chi connectivity index (χ3n) is 7.84. The molecule has 1 unspecified atom stereocenters. The van der Waals surface area contributed by atoms with Crippen molar-refractivity contribution < 1.29 is 29.0 Å². The third kappa shape index (κ3) is 7.46. The first kappa shape index (κ1) is 29.9. The number of nitrogens with zero attached hydrogens (tertiary/aromatic N) is 3. The zero-order valence-corrected chi connectivity index (χ0v) is 24.9. The van der Waals surface area contributed by atoms with Gasteiger partial charge in [-0.15, -0.1) is 0 Å². The maximum Gasteiger partial charge on any atom is 0.407 e. The largest absolute Gasteiger partial charge is 0.489 e. The lowest BCUT2D eigenvalue weighted by Gasteiger charge is -2.27. The van der Waals surface area contributed by atoms with E-state index in [-0.39, 0.29) is 17.9 Å². The van der Waals surface area contributed by atoms with Crippen LogP contribution in [0.4, 0.5) is 21.0 Å². The Morgan fingerprint density at radius 2 is 1.53 bits per heavy atom. The van der Waals surface area contributed by atoms with Gasteiger partial charge in [0.1, 0.15) is 18.0 Å². The summed E-state index contributed by atoms with van der Waals surface area (Å²) in [4.78, 5) is 43.3. The lowest BCUT2D eigenvalue weighted by molar-refractivity contribution is -0.161. The summed E-state index contributed by atoms with van der Waals surface area (Å²) in [6, 6.07) is 25.0. The van der Waals surface area contributed by atoms with E-state index in [0.717, 1.165) is 22.5 Å². The summed E-state index contributed by atoms with van der Waals surface area (Å²) in [5, 5.41) is 9.46. The molecule has 2 fully saturated rings. The molecule has 43 heavy (non-hydrogen) atoms. The number of ether oxygens (including phenoxy) is 2. The van der Waals surface area contributed by atoms with Crippen molar-refractivity contribution in [3.8, 4) is 5.75 Å². The van der Waals surface area contributed by atoms with Crippen LogP contribution in [0.3, 0.4) is 0 Å². The Morgan fingerprint density at radius 1 is 0.884 bits per heavy atom. The van der Waals surface area contributed by atoms with Gasteiger partial charge in [0.2, 0.25) is 0 Å². The number of hydrogen-bond donors (Lipinski definition) is 1. The number of likely N-dealkylation sites (tertiary alicyclic amines) is 1. The zero-order valence-electron chi connectivity index (χ0n) is 24.9. The van der Waals surface area contributed by atoms with Crippen molar-refractivity contribution in [1.82, 2.24) is 4.90 Å². The fourth-order valence-electron chi connectivity index (χ4n) is 5.71. The van der Waals surface area contributed by atoms with Crippen LogP contribution >= 0.6 is 0 Å². The molecule has 3 aromatic carbocycles. The predicted molar refractivity (Wildman–Crippen MR) is 164 cm³/mol. The first-order chi connectivity index (χ1) is 20.6. The van der Waals surface area contributed by atoms with E-state index < -0.39 is 17.6 Å². The Labute approximate surface area is 252 Å². The van der Waals surface area contributed by atoms with Crippen LogP contribution in [0.25, 0.3) is 0 Å². The molecule has 2 atom stereocenters. The van der Waals surface area contributed by atoms with Crippen molar-refractivity contribution in [3.05, 3.63) is 90.0 Å². The molecule has 2 aliphatic heterocycles. The normalized spacial score (nSPS) is 17.7. The van der Waals surface area contributed by atoms with Crippen LogP contribution < -0.4 is 14.5 Å². The maximum atomic E-state index is 13.6. The second-order valence-corrected chi connectivity index (χ2v) is 12.1. The first-order valence-corrected chi connectivity index (χ1v) is 14.7. The molecule has 0 radical (unpaired) electrons. The minimum atomic E-state index is -0.974. The highest BCUT2D eigenvalue weighted by Gasteiger charge is 2.38. The molecule has 5 rings (SSSR count). The van der Waals surface area contributed by atoms with Crippen LogP contribution in [-0.4, -0.2) is 59.9 Å². The van der Waals surface area contributed by atoms with Crippen LogP contribution in [0.15, 0.2) is 78.9 Å². The smallest absolute Gasteiger partial charge is 0.407 e. The number of hydrogen-bond acceptors (Lipinski definition) is 5. The molecule has 1 N–H and O–H groups in total. The van der Waals surface area contributed by atoms with E-state index in [9.17, 15) is 19.5 Å². The van der Waals surface area contributed by atoms with Crippen LogP contribution in [0.5, 0.6) is 5.75 Å². The second kappa shape index (κ2) is 12.8. The van der Waals surface area contributed by atoms with Crippen LogP contribution in [-0.2, 0) is 22.6 Å². The Balaban J connectivity index is 1.29. The Morgan fingerprint density at radius 3 is 2.19 bits per heavy atom. The summed E-state index contributed by atoms with van der Waals surface area (Å²) in [7, 11) is 0. The summed E-state index contributed by atoms with van der Waals surface area (Å²) in [6.07, 6.45) is 0.0228. The highest BCUT2D eigenvalue weighted by Crippen LogP contribution is 2.32. The molecule has 0 spiro atoms. The lowest BCUT2D eigenvalue weighted by atomic mass is 9.86. The summed E-state index contributed by atoms with van der Waals surface area (Å²) >= 11 is 0. The van der Waals surface area contributed by atoms with Gasteiger partial charge in [0.15, 0.2) is 0 Å². The van der Waals surface area contributed by atoms with Gasteiger partial charge in [0, 0.05) is 43.6 Å². The number of anilines is 2. The van der Waals surface area contributed by atoms with Crippen molar-refractivity contribution in [2.24, 2.45) is 11.8 Å². The minimum absolute atomic E-state index is 0.131. The molecule has 0 bridgehead atoms. The van der Waals surface area contributed by atoms with E-state index in [1.165, 1.54) is 4.90 Å². The molecule has 3 amide bonds. The van der Waals surface area contributed by atoms with Crippen LogP contribution in [0.2, 0.25) is 0 Å². The van der Waals surface area contributed by atoms with Gasteiger partial charge in [0.05, 0.1) is 5.92 Å². The van der Waals surface area contributed by atoms with Gasteiger partial charge in [-0.2, -0.15) is 0 Å². The van der Waals surface area contributed by atoms with E-state index in [0.29, 0.717) is 51.4 Å². The number of rotatable bonds is 9. The van der Waals surface area contributed by atoms with E-state index in [2.05, 4.69) is 0 Å². The molecule has 2 aliphatic rings. The first-order valence-electron chi connectivity index (χ1n) is 14.7. The molecule has 2 saturated heterocycles. The van der Waals surface area contributed by atoms with E-state index in [1.54, 1.807) is 9.80 Å². The molecule has 226 valence electrons. The molecule has 0 aliphatic carbocycles. The monoisotopic (exact) mass is 585 g/mol. The van der Waals surface area contributed by atoms with Crippen LogP contribution in [0, 0.1) is 11.8 Å². The van der Waals surface area contributed by atoms with Crippen molar-refractivity contribution in [2.75, 3.05) is 36.0 Å². The minimum Gasteiger partial charge on any atom is -0.489 e. The van der Waals surface area contributed by atoms with Gasteiger partial charge in [-0.05, 0) is 74.9 Å². The van der Waals surface area contributed by atoms with Crippen LogP contribution in [0.1, 0.15) is 38.3 Å². The fourth-order valence-corrected chi connectivity index (χ4v) is 5.71. The van der Waals surface area contributed by atoms with E-state index >= 15 is 0 Å².